The third-order valence-corrected chi connectivity index (χ3v) is 5.60. The smallest absolute Gasteiger partial charge is 0.232 e. The van der Waals surface area contributed by atoms with E-state index in [0.717, 1.165) is 49.9 Å². The lowest BCUT2D eigenvalue weighted by molar-refractivity contribution is -0.915. The van der Waals surface area contributed by atoms with Gasteiger partial charge in [0.25, 0.3) is 0 Å². The number of aryl methyl sites for hydroxylation is 1. The summed E-state index contributed by atoms with van der Waals surface area (Å²) in [5.41, 5.74) is 9.34. The number of nitrogens with one attached hydrogen (secondary N) is 2. The van der Waals surface area contributed by atoms with Crippen molar-refractivity contribution in [2.45, 2.75) is 19.9 Å². The number of halogens is 1. The molecule has 156 valence electrons. The molecule has 0 amide bonds. The van der Waals surface area contributed by atoms with E-state index in [4.69, 9.17) is 17.3 Å². The average Bonchev–Trinajstić information content (AvgIpc) is 2.74. The fourth-order valence-corrected chi connectivity index (χ4v) is 3.86. The van der Waals surface area contributed by atoms with Gasteiger partial charge in [0.05, 0.1) is 26.2 Å². The van der Waals surface area contributed by atoms with Crippen LogP contribution in [0.2, 0.25) is 5.02 Å². The zero-order valence-corrected chi connectivity index (χ0v) is 17.9. The van der Waals surface area contributed by atoms with E-state index in [1.165, 1.54) is 16.2 Å². The van der Waals surface area contributed by atoms with Gasteiger partial charge in [-0.3, -0.25) is 0 Å². The molecule has 0 aliphatic carbocycles. The molecule has 0 atom stereocenters. The van der Waals surface area contributed by atoms with E-state index < -0.39 is 0 Å². The molecule has 0 bridgehead atoms. The topological polar surface area (TPSA) is 84.4 Å². The highest BCUT2D eigenvalue weighted by molar-refractivity contribution is 6.30. The maximum atomic E-state index is 6.13. The van der Waals surface area contributed by atoms with Crippen LogP contribution in [0.5, 0.6) is 0 Å². The Morgan fingerprint density at radius 1 is 1.07 bits per heavy atom. The van der Waals surface area contributed by atoms with E-state index in [1.54, 1.807) is 0 Å². The second-order valence-electron chi connectivity index (χ2n) is 7.50. The van der Waals surface area contributed by atoms with Crippen LogP contribution in [0, 0.1) is 0 Å². The van der Waals surface area contributed by atoms with E-state index in [1.807, 2.05) is 30.3 Å². The number of nitrogens with zero attached hydrogens (tertiary/aromatic N) is 4. The maximum absolute atomic E-state index is 6.13. The summed E-state index contributed by atoms with van der Waals surface area (Å²) >= 11 is 6.13. The van der Waals surface area contributed by atoms with Crippen molar-refractivity contribution < 1.29 is 4.90 Å². The summed E-state index contributed by atoms with van der Waals surface area (Å²) in [7, 11) is 0. The second-order valence-corrected chi connectivity index (χ2v) is 7.94. The number of rotatable bonds is 6. The highest BCUT2D eigenvalue weighted by atomic mass is 35.5. The molecule has 1 aliphatic heterocycles. The van der Waals surface area contributed by atoms with Crippen LogP contribution in [0.25, 0.3) is 0 Å². The van der Waals surface area contributed by atoms with Crippen molar-refractivity contribution in [3.8, 4) is 0 Å². The van der Waals surface area contributed by atoms with Gasteiger partial charge in [-0.25, -0.2) is 0 Å². The molecule has 0 saturated carbocycles. The molecule has 8 heteroatoms. The van der Waals surface area contributed by atoms with Gasteiger partial charge in [-0.1, -0.05) is 36.7 Å². The van der Waals surface area contributed by atoms with E-state index in [0.29, 0.717) is 11.8 Å². The van der Waals surface area contributed by atoms with Crippen molar-refractivity contribution in [3.63, 3.8) is 0 Å². The summed E-state index contributed by atoms with van der Waals surface area (Å²) in [5.74, 6) is 1.43. The lowest BCUT2D eigenvalue weighted by Crippen LogP contribution is -3.13. The van der Waals surface area contributed by atoms with Crippen molar-refractivity contribution in [3.05, 3.63) is 64.9 Å². The van der Waals surface area contributed by atoms with Gasteiger partial charge in [-0.15, -0.1) is 0 Å². The lowest BCUT2D eigenvalue weighted by Gasteiger charge is -2.33. The number of piperazine rings is 1. The highest BCUT2D eigenvalue weighted by Gasteiger charge is 2.22. The minimum atomic E-state index is 0.240. The molecule has 0 spiro atoms. The van der Waals surface area contributed by atoms with Gasteiger partial charge < -0.3 is 20.9 Å². The number of aromatic nitrogens is 3. The summed E-state index contributed by atoms with van der Waals surface area (Å²) in [6.45, 7) is 6.78. The molecule has 4 N–H and O–H groups in total. The molecule has 2 heterocycles. The number of hydrogen-bond donors (Lipinski definition) is 3. The zero-order chi connectivity index (χ0) is 20.9. The molecule has 4 rings (SSSR count). The molecular weight excluding hydrogens is 398 g/mol. The Bertz CT molecular complexity index is 985. The van der Waals surface area contributed by atoms with Gasteiger partial charge >= 0.3 is 0 Å². The van der Waals surface area contributed by atoms with Crippen LogP contribution < -0.4 is 20.9 Å². The molecule has 30 heavy (non-hydrogen) atoms. The van der Waals surface area contributed by atoms with E-state index >= 15 is 0 Å². The highest BCUT2D eigenvalue weighted by Crippen LogP contribution is 2.19. The van der Waals surface area contributed by atoms with Gasteiger partial charge in [0.2, 0.25) is 11.9 Å². The fraction of sp³-hybridized carbons (Fsp3) is 0.318. The summed E-state index contributed by atoms with van der Waals surface area (Å²) in [4.78, 5) is 17.0. The number of benzene rings is 2. The first-order chi connectivity index (χ1) is 14.6. The largest absolute Gasteiger partial charge is 0.368 e. The molecule has 1 saturated heterocycles. The molecule has 1 fully saturated rings. The zero-order valence-electron chi connectivity index (χ0n) is 17.1. The molecular formula is C22H27ClN7+. The van der Waals surface area contributed by atoms with Crippen molar-refractivity contribution in [1.29, 1.82) is 0 Å². The number of nitrogen functional groups attached to an aromatic ring is 1. The van der Waals surface area contributed by atoms with E-state index in [2.05, 4.69) is 50.3 Å². The third kappa shape index (κ3) is 5.17. The summed E-state index contributed by atoms with van der Waals surface area (Å²) in [6, 6.07) is 16.3. The first kappa shape index (κ1) is 20.4. The molecule has 0 radical (unpaired) electrons. The fourth-order valence-electron chi connectivity index (χ4n) is 3.68. The van der Waals surface area contributed by atoms with Crippen LogP contribution >= 0.6 is 11.6 Å². The minimum Gasteiger partial charge on any atom is -0.368 e. The SMILES string of the molecule is CCc1ccc(Nc2nc(N)nc(C[NH+]3CCN(c4cccc(Cl)c4)CC3)n2)cc1. The standard InChI is InChI=1S/C22H26ClN7/c1-2-16-6-8-18(9-7-16)25-22-27-20(26-21(24)28-22)15-29-10-12-30(13-11-29)19-5-3-4-17(23)14-19/h3-9,14H,2,10-13,15H2,1H3,(H3,24,25,26,27,28)/p+1. The van der Waals surface area contributed by atoms with Crippen molar-refractivity contribution in [2.24, 2.45) is 0 Å². The van der Waals surface area contributed by atoms with Crippen molar-refractivity contribution in [2.75, 3.05) is 42.1 Å². The lowest BCUT2D eigenvalue weighted by atomic mass is 10.1. The number of quaternary nitrogens is 1. The first-order valence-electron chi connectivity index (χ1n) is 10.3. The van der Waals surface area contributed by atoms with Gasteiger partial charge in [0.15, 0.2) is 5.82 Å². The normalized spacial score (nSPS) is 14.7. The van der Waals surface area contributed by atoms with Crippen LogP contribution in [0.4, 0.5) is 23.3 Å². The summed E-state index contributed by atoms with van der Waals surface area (Å²) in [6.07, 6.45) is 1.01. The molecule has 0 unspecified atom stereocenters. The number of anilines is 4. The molecule has 1 aromatic heterocycles. The summed E-state index contributed by atoms with van der Waals surface area (Å²) in [5, 5.41) is 4.01. The van der Waals surface area contributed by atoms with Crippen LogP contribution in [0.3, 0.4) is 0 Å². The van der Waals surface area contributed by atoms with Crippen LogP contribution in [0.1, 0.15) is 18.3 Å². The Hall–Kier alpha value is -2.90. The Balaban J connectivity index is 1.37. The quantitative estimate of drug-likeness (QED) is 0.563. The van der Waals surface area contributed by atoms with Gasteiger partial charge in [-0.2, -0.15) is 15.0 Å². The third-order valence-electron chi connectivity index (χ3n) is 5.37. The second kappa shape index (κ2) is 9.28. The van der Waals surface area contributed by atoms with Gasteiger partial charge in [0, 0.05) is 16.4 Å². The molecule has 3 aromatic rings. The number of nitrogens with two attached hydrogens (primary N) is 1. The summed E-state index contributed by atoms with van der Waals surface area (Å²) < 4.78 is 0. The Kier molecular flexibility index (Phi) is 6.30. The van der Waals surface area contributed by atoms with E-state index in [-0.39, 0.29) is 5.95 Å². The van der Waals surface area contributed by atoms with Gasteiger partial charge in [0.1, 0.15) is 6.54 Å². The van der Waals surface area contributed by atoms with Gasteiger partial charge in [-0.05, 0) is 42.3 Å². The van der Waals surface area contributed by atoms with Crippen molar-refractivity contribution in [1.82, 2.24) is 15.0 Å². The predicted molar refractivity (Wildman–Crippen MR) is 121 cm³/mol. The van der Waals surface area contributed by atoms with Crippen LogP contribution in [-0.4, -0.2) is 41.1 Å². The monoisotopic (exact) mass is 424 g/mol. The average molecular weight is 425 g/mol. The van der Waals surface area contributed by atoms with Crippen molar-refractivity contribution >= 4 is 34.9 Å². The molecule has 7 nitrogen and oxygen atoms in total. The molecule has 1 aliphatic rings. The van der Waals surface area contributed by atoms with Crippen LogP contribution in [-0.2, 0) is 13.0 Å². The molecule has 2 aromatic carbocycles. The van der Waals surface area contributed by atoms with Crippen LogP contribution in [0.15, 0.2) is 48.5 Å². The maximum Gasteiger partial charge on any atom is 0.232 e. The Labute approximate surface area is 181 Å². The predicted octanol–water partition coefficient (Wildman–Crippen LogP) is 2.32. The first-order valence-corrected chi connectivity index (χ1v) is 10.7. The Morgan fingerprint density at radius 2 is 1.83 bits per heavy atom. The minimum absolute atomic E-state index is 0.240. The Morgan fingerprint density at radius 3 is 2.53 bits per heavy atom. The number of hydrogen-bond acceptors (Lipinski definition) is 6. The van der Waals surface area contributed by atoms with E-state index in [9.17, 15) is 0 Å².